The van der Waals surface area contributed by atoms with Crippen molar-refractivity contribution in [2.45, 2.75) is 39.3 Å². The summed E-state index contributed by atoms with van der Waals surface area (Å²) >= 11 is 0. The van der Waals surface area contributed by atoms with Gasteiger partial charge in [-0.1, -0.05) is 32.9 Å². The Labute approximate surface area is 132 Å². The quantitative estimate of drug-likeness (QED) is 0.652. The molecular weight excluding hydrogens is 280 g/mol. The van der Waals surface area contributed by atoms with Gasteiger partial charge in [0.25, 0.3) is 0 Å². The molecule has 3 N–H and O–H groups in total. The van der Waals surface area contributed by atoms with Gasteiger partial charge in [-0.05, 0) is 23.8 Å². The van der Waals surface area contributed by atoms with Crippen LogP contribution in [0, 0.1) is 0 Å². The van der Waals surface area contributed by atoms with Gasteiger partial charge in [-0.15, -0.1) is 0 Å². The first-order valence-electron chi connectivity index (χ1n) is 7.61. The molecule has 0 saturated heterocycles. The predicted octanol–water partition coefficient (Wildman–Crippen LogP) is 1.92. The van der Waals surface area contributed by atoms with Crippen LogP contribution in [0.2, 0.25) is 0 Å². The zero-order valence-corrected chi connectivity index (χ0v) is 13.5. The lowest BCUT2D eigenvalue weighted by molar-refractivity contribution is -0.119. The zero-order valence-electron chi connectivity index (χ0n) is 13.5. The topological polar surface area (TPSA) is 70.6 Å². The number of aliphatic hydroxyl groups is 1. The van der Waals surface area contributed by atoms with Crippen molar-refractivity contribution in [3.8, 4) is 5.75 Å². The average molecular weight is 306 g/mol. The number of rotatable bonds is 9. The first-order valence-corrected chi connectivity index (χ1v) is 7.61. The third-order valence-electron chi connectivity index (χ3n) is 2.93. The van der Waals surface area contributed by atoms with E-state index in [0.29, 0.717) is 24.8 Å². The Hall–Kier alpha value is -1.85. The summed E-state index contributed by atoms with van der Waals surface area (Å²) in [5, 5.41) is 15.6. The van der Waals surface area contributed by atoms with E-state index in [4.69, 9.17) is 4.74 Å². The molecule has 1 aromatic rings. The monoisotopic (exact) mass is 306 g/mol. The van der Waals surface area contributed by atoms with Crippen molar-refractivity contribution in [1.82, 2.24) is 10.6 Å². The van der Waals surface area contributed by atoms with E-state index < -0.39 is 6.10 Å². The molecular formula is C17H26N2O3. The minimum atomic E-state index is -0.536. The van der Waals surface area contributed by atoms with E-state index in [2.05, 4.69) is 10.6 Å². The highest BCUT2D eigenvalue weighted by atomic mass is 16.5. The first kappa shape index (κ1) is 18.2. The second-order valence-electron chi connectivity index (χ2n) is 5.35. The van der Waals surface area contributed by atoms with Gasteiger partial charge in [-0.25, -0.2) is 0 Å². The van der Waals surface area contributed by atoms with E-state index in [0.717, 1.165) is 5.56 Å². The van der Waals surface area contributed by atoms with E-state index in [-0.39, 0.29) is 12.5 Å². The average Bonchev–Trinajstić information content (AvgIpc) is 2.51. The van der Waals surface area contributed by atoms with Crippen molar-refractivity contribution in [2.75, 3.05) is 13.2 Å². The summed E-state index contributed by atoms with van der Waals surface area (Å²) < 4.78 is 5.53. The Morgan fingerprint density at radius 3 is 2.59 bits per heavy atom. The molecule has 0 bridgehead atoms. The molecule has 0 saturated carbocycles. The summed E-state index contributed by atoms with van der Waals surface area (Å²) in [7, 11) is 0. The number of benzene rings is 1. The van der Waals surface area contributed by atoms with Crippen molar-refractivity contribution in [2.24, 2.45) is 0 Å². The van der Waals surface area contributed by atoms with Gasteiger partial charge in [0.1, 0.15) is 18.5 Å². The van der Waals surface area contributed by atoms with Crippen LogP contribution in [-0.4, -0.2) is 36.3 Å². The fourth-order valence-corrected chi connectivity index (χ4v) is 1.63. The number of hydrogen-bond donors (Lipinski definition) is 3. The minimum absolute atomic E-state index is 0.0137. The van der Waals surface area contributed by atoms with Crippen LogP contribution in [0.5, 0.6) is 5.75 Å². The standard InChI is InChI=1S/C17H26N2O3/c1-4-17(21)18-10-9-14-5-7-16(8-6-14)22-12-15(20)11-19-13(2)3/h5-10,13,15,19-20H,4,11-12H2,1-3H3,(H,18,21). The van der Waals surface area contributed by atoms with Crippen molar-refractivity contribution >= 4 is 12.0 Å². The Bertz CT molecular complexity index is 469. The number of nitrogens with one attached hydrogen (secondary N) is 2. The molecule has 1 amide bonds. The molecule has 0 spiro atoms. The lowest BCUT2D eigenvalue weighted by Gasteiger charge is -2.15. The summed E-state index contributed by atoms with van der Waals surface area (Å²) in [5.41, 5.74) is 0.964. The molecule has 0 radical (unpaired) electrons. The highest BCUT2D eigenvalue weighted by Gasteiger charge is 2.05. The van der Waals surface area contributed by atoms with Crippen molar-refractivity contribution in [1.29, 1.82) is 0 Å². The number of carbonyl (C=O) groups is 1. The Morgan fingerprint density at radius 2 is 2.00 bits per heavy atom. The molecule has 1 rings (SSSR count). The van der Waals surface area contributed by atoms with Gasteiger partial charge in [0.15, 0.2) is 0 Å². The van der Waals surface area contributed by atoms with Gasteiger partial charge in [-0.2, -0.15) is 0 Å². The number of aliphatic hydroxyl groups excluding tert-OH is 1. The van der Waals surface area contributed by atoms with E-state index in [1.165, 1.54) is 0 Å². The summed E-state index contributed by atoms with van der Waals surface area (Å²) in [6.07, 6.45) is 3.37. The van der Waals surface area contributed by atoms with E-state index >= 15 is 0 Å². The molecule has 1 atom stereocenters. The summed E-state index contributed by atoms with van der Waals surface area (Å²) in [5.74, 6) is 0.693. The zero-order chi connectivity index (χ0) is 16.4. The fraction of sp³-hybridized carbons (Fsp3) is 0.471. The smallest absolute Gasteiger partial charge is 0.223 e. The molecule has 0 aliphatic carbocycles. The van der Waals surface area contributed by atoms with Crippen molar-refractivity contribution in [3.05, 3.63) is 36.0 Å². The van der Waals surface area contributed by atoms with Gasteiger partial charge in [0.05, 0.1) is 0 Å². The lowest BCUT2D eigenvalue weighted by Crippen LogP contribution is -2.35. The SMILES string of the molecule is CCC(=O)NC=Cc1ccc(OCC(O)CNC(C)C)cc1. The molecule has 0 heterocycles. The Kier molecular flexibility index (Phi) is 8.25. The normalized spacial score (nSPS) is 12.6. The van der Waals surface area contributed by atoms with Crippen molar-refractivity contribution in [3.63, 3.8) is 0 Å². The van der Waals surface area contributed by atoms with Crippen LogP contribution in [0.25, 0.3) is 6.08 Å². The Morgan fingerprint density at radius 1 is 1.32 bits per heavy atom. The predicted molar refractivity (Wildman–Crippen MR) is 88.6 cm³/mol. The Balaban J connectivity index is 2.37. The number of amides is 1. The maximum atomic E-state index is 11.1. The molecule has 5 nitrogen and oxygen atoms in total. The third kappa shape index (κ3) is 7.81. The van der Waals surface area contributed by atoms with Gasteiger partial charge < -0.3 is 20.5 Å². The van der Waals surface area contributed by atoms with Crippen LogP contribution < -0.4 is 15.4 Å². The molecule has 5 heteroatoms. The van der Waals surface area contributed by atoms with Crippen LogP contribution in [0.4, 0.5) is 0 Å². The second kappa shape index (κ2) is 9.97. The van der Waals surface area contributed by atoms with E-state index in [1.54, 1.807) is 13.1 Å². The number of ether oxygens (including phenoxy) is 1. The lowest BCUT2D eigenvalue weighted by atomic mass is 10.2. The number of hydrogen-bond acceptors (Lipinski definition) is 4. The summed E-state index contributed by atoms with van der Waals surface area (Å²) in [6, 6.07) is 7.80. The fourth-order valence-electron chi connectivity index (χ4n) is 1.63. The molecule has 22 heavy (non-hydrogen) atoms. The van der Waals surface area contributed by atoms with Gasteiger partial charge in [0.2, 0.25) is 5.91 Å². The van der Waals surface area contributed by atoms with Crippen LogP contribution in [-0.2, 0) is 4.79 Å². The molecule has 1 aromatic carbocycles. The van der Waals surface area contributed by atoms with Gasteiger partial charge in [-0.3, -0.25) is 4.79 Å². The van der Waals surface area contributed by atoms with Crippen LogP contribution in [0.3, 0.4) is 0 Å². The van der Waals surface area contributed by atoms with Crippen molar-refractivity contribution < 1.29 is 14.6 Å². The second-order valence-corrected chi connectivity index (χ2v) is 5.35. The minimum Gasteiger partial charge on any atom is -0.491 e. The van der Waals surface area contributed by atoms with Gasteiger partial charge >= 0.3 is 0 Å². The van der Waals surface area contributed by atoms with Crippen LogP contribution >= 0.6 is 0 Å². The highest BCUT2D eigenvalue weighted by Crippen LogP contribution is 2.13. The van der Waals surface area contributed by atoms with Crippen LogP contribution in [0.1, 0.15) is 32.8 Å². The molecule has 0 aromatic heterocycles. The molecule has 0 aliphatic rings. The summed E-state index contributed by atoms with van der Waals surface area (Å²) in [4.78, 5) is 11.1. The molecule has 0 aliphatic heterocycles. The number of carbonyl (C=O) groups excluding carboxylic acids is 1. The molecule has 1 unspecified atom stereocenters. The van der Waals surface area contributed by atoms with Crippen LogP contribution in [0.15, 0.2) is 30.5 Å². The molecule has 0 fully saturated rings. The largest absolute Gasteiger partial charge is 0.491 e. The van der Waals surface area contributed by atoms with Gasteiger partial charge in [0, 0.05) is 25.2 Å². The maximum absolute atomic E-state index is 11.1. The van der Waals surface area contributed by atoms with E-state index in [1.807, 2.05) is 44.2 Å². The molecule has 122 valence electrons. The first-order chi connectivity index (χ1) is 10.5. The third-order valence-corrected chi connectivity index (χ3v) is 2.93. The highest BCUT2D eigenvalue weighted by molar-refractivity contribution is 5.77. The maximum Gasteiger partial charge on any atom is 0.223 e. The van der Waals surface area contributed by atoms with E-state index in [9.17, 15) is 9.90 Å². The summed E-state index contributed by atoms with van der Waals surface area (Å²) in [6.45, 7) is 6.63.